The molecular weight excluding hydrogens is 384 g/mol. The minimum Gasteiger partial charge on any atom is -0.466 e. The first-order valence-corrected chi connectivity index (χ1v) is 9.93. The number of esters is 1. The summed E-state index contributed by atoms with van der Waals surface area (Å²) in [4.78, 5) is 46.8. The molecule has 11 heteroatoms. The lowest BCUT2D eigenvalue weighted by Gasteiger charge is -2.31. The van der Waals surface area contributed by atoms with Crippen molar-refractivity contribution in [2.45, 2.75) is 33.1 Å². The second-order valence-electron chi connectivity index (χ2n) is 6.38. The number of piperidine rings is 1. The Morgan fingerprint density at radius 2 is 2.14 bits per heavy atom. The molecule has 1 aromatic rings. The van der Waals surface area contributed by atoms with E-state index in [1.165, 1.54) is 0 Å². The molecule has 0 radical (unpaired) electrons. The van der Waals surface area contributed by atoms with Crippen LogP contribution in [-0.2, 0) is 14.3 Å². The van der Waals surface area contributed by atoms with Crippen molar-refractivity contribution in [1.29, 1.82) is 0 Å². The molecule has 0 spiro atoms. The lowest BCUT2D eigenvalue weighted by Crippen LogP contribution is -2.45. The molecule has 0 saturated carbocycles. The number of carbonyl (C=O) groups is 3. The maximum Gasteiger partial charge on any atom is 0.307 e. The van der Waals surface area contributed by atoms with E-state index in [2.05, 4.69) is 15.3 Å². The Balaban J connectivity index is 1.94. The number of rotatable bonds is 7. The van der Waals surface area contributed by atoms with Crippen LogP contribution in [0.3, 0.4) is 0 Å². The first kappa shape index (κ1) is 21.6. The van der Waals surface area contributed by atoms with Crippen LogP contribution in [0.15, 0.2) is 4.99 Å². The Labute approximate surface area is 167 Å². The Hall–Kier alpha value is -2.69. The SMILES string of the molecule is CCOC(=O)CCNC(=O)C1CCCN(C(=O)c2sc(N=C(N)N)nc2C)C1. The molecule has 1 saturated heterocycles. The van der Waals surface area contributed by atoms with Crippen molar-refractivity contribution in [3.05, 3.63) is 10.6 Å². The van der Waals surface area contributed by atoms with E-state index in [4.69, 9.17) is 16.2 Å². The summed E-state index contributed by atoms with van der Waals surface area (Å²) < 4.78 is 4.83. The van der Waals surface area contributed by atoms with Crippen molar-refractivity contribution in [1.82, 2.24) is 15.2 Å². The summed E-state index contributed by atoms with van der Waals surface area (Å²) in [6, 6.07) is 0. The molecule has 1 aromatic heterocycles. The average Bonchev–Trinajstić information content (AvgIpc) is 3.00. The minimum atomic E-state index is -0.347. The molecule has 1 atom stereocenters. The number of thiazole rings is 1. The van der Waals surface area contributed by atoms with E-state index in [1.54, 1.807) is 18.7 Å². The zero-order chi connectivity index (χ0) is 20.7. The van der Waals surface area contributed by atoms with Crippen molar-refractivity contribution in [3.63, 3.8) is 0 Å². The Kier molecular flexibility index (Phi) is 7.73. The van der Waals surface area contributed by atoms with Gasteiger partial charge < -0.3 is 26.4 Å². The predicted octanol–water partition coefficient (Wildman–Crippen LogP) is 0.278. The van der Waals surface area contributed by atoms with Gasteiger partial charge in [-0.15, -0.1) is 0 Å². The molecule has 1 unspecified atom stereocenters. The minimum absolute atomic E-state index is 0.120. The number of aryl methyl sites for hydroxylation is 1. The number of aliphatic imine (C=N–C) groups is 1. The van der Waals surface area contributed by atoms with Crippen LogP contribution in [0.5, 0.6) is 0 Å². The summed E-state index contributed by atoms with van der Waals surface area (Å²) in [5, 5.41) is 3.07. The van der Waals surface area contributed by atoms with Gasteiger partial charge in [0.05, 0.1) is 24.6 Å². The summed E-state index contributed by atoms with van der Waals surface area (Å²) in [6.07, 6.45) is 1.54. The van der Waals surface area contributed by atoms with Gasteiger partial charge in [0.25, 0.3) is 5.91 Å². The van der Waals surface area contributed by atoms with Gasteiger partial charge in [-0.2, -0.15) is 4.99 Å². The van der Waals surface area contributed by atoms with Crippen molar-refractivity contribution >= 4 is 40.2 Å². The number of amides is 2. The van der Waals surface area contributed by atoms with Gasteiger partial charge in [0.15, 0.2) is 5.96 Å². The van der Waals surface area contributed by atoms with Crippen LogP contribution in [0.4, 0.5) is 5.13 Å². The van der Waals surface area contributed by atoms with Crippen molar-refractivity contribution in [2.24, 2.45) is 22.4 Å². The summed E-state index contributed by atoms with van der Waals surface area (Å²) in [5.41, 5.74) is 11.3. The van der Waals surface area contributed by atoms with Crippen LogP contribution in [0.2, 0.25) is 0 Å². The van der Waals surface area contributed by atoms with E-state index >= 15 is 0 Å². The third-order valence-corrected chi connectivity index (χ3v) is 5.26. The first-order valence-electron chi connectivity index (χ1n) is 9.11. The molecule has 1 fully saturated rings. The number of nitrogens with zero attached hydrogens (tertiary/aromatic N) is 3. The normalized spacial score (nSPS) is 16.4. The lowest BCUT2D eigenvalue weighted by molar-refractivity contribution is -0.143. The second kappa shape index (κ2) is 10.0. The fourth-order valence-electron chi connectivity index (χ4n) is 2.92. The third kappa shape index (κ3) is 5.91. The topological polar surface area (TPSA) is 153 Å². The van der Waals surface area contributed by atoms with Gasteiger partial charge in [-0.1, -0.05) is 11.3 Å². The Morgan fingerprint density at radius 1 is 1.39 bits per heavy atom. The number of nitrogens with one attached hydrogen (secondary N) is 1. The molecule has 0 aliphatic carbocycles. The molecule has 1 aliphatic heterocycles. The van der Waals surface area contributed by atoms with Crippen molar-refractivity contribution < 1.29 is 19.1 Å². The van der Waals surface area contributed by atoms with Gasteiger partial charge in [0.2, 0.25) is 11.0 Å². The predicted molar refractivity (Wildman–Crippen MR) is 105 cm³/mol. The van der Waals surface area contributed by atoms with Gasteiger partial charge in [-0.25, -0.2) is 4.98 Å². The molecular formula is C17H26N6O4S. The largest absolute Gasteiger partial charge is 0.466 e. The van der Waals surface area contributed by atoms with Gasteiger partial charge in [-0.3, -0.25) is 14.4 Å². The molecule has 5 N–H and O–H groups in total. The van der Waals surface area contributed by atoms with Crippen LogP contribution < -0.4 is 16.8 Å². The van der Waals surface area contributed by atoms with Crippen molar-refractivity contribution in [2.75, 3.05) is 26.2 Å². The quantitative estimate of drug-likeness (QED) is 0.331. The first-order chi connectivity index (χ1) is 13.3. The van der Waals surface area contributed by atoms with Crippen LogP contribution in [-0.4, -0.2) is 59.9 Å². The van der Waals surface area contributed by atoms with Gasteiger partial charge in [-0.05, 0) is 26.7 Å². The zero-order valence-corrected chi connectivity index (χ0v) is 16.9. The van der Waals surface area contributed by atoms with E-state index in [9.17, 15) is 14.4 Å². The maximum absolute atomic E-state index is 12.9. The van der Waals surface area contributed by atoms with Gasteiger partial charge >= 0.3 is 5.97 Å². The number of hydrogen-bond acceptors (Lipinski definition) is 7. The number of aromatic nitrogens is 1. The Morgan fingerprint density at radius 3 is 2.82 bits per heavy atom. The fourth-order valence-corrected chi connectivity index (χ4v) is 3.85. The van der Waals surface area contributed by atoms with Gasteiger partial charge in [0.1, 0.15) is 4.88 Å². The molecule has 0 aromatic carbocycles. The fraction of sp³-hybridized carbons (Fsp3) is 0.588. The highest BCUT2D eigenvalue weighted by molar-refractivity contribution is 7.17. The third-order valence-electron chi connectivity index (χ3n) is 4.22. The molecule has 2 amide bonds. The number of hydrogen-bond donors (Lipinski definition) is 3. The number of nitrogens with two attached hydrogens (primary N) is 2. The zero-order valence-electron chi connectivity index (χ0n) is 16.1. The van der Waals surface area contributed by atoms with E-state index in [1.807, 2.05) is 0 Å². The lowest BCUT2D eigenvalue weighted by atomic mass is 9.97. The molecule has 154 valence electrons. The number of likely N-dealkylation sites (tertiary alicyclic amines) is 1. The highest BCUT2D eigenvalue weighted by atomic mass is 32.1. The molecule has 2 rings (SSSR count). The maximum atomic E-state index is 12.9. The average molecular weight is 411 g/mol. The van der Waals surface area contributed by atoms with Crippen LogP contribution >= 0.6 is 11.3 Å². The number of carbonyl (C=O) groups excluding carboxylic acids is 3. The van der Waals surface area contributed by atoms with E-state index in [0.717, 1.165) is 17.8 Å². The smallest absolute Gasteiger partial charge is 0.307 e. The molecule has 10 nitrogen and oxygen atoms in total. The molecule has 0 bridgehead atoms. The number of ether oxygens (including phenoxy) is 1. The summed E-state index contributed by atoms with van der Waals surface area (Å²) >= 11 is 1.12. The summed E-state index contributed by atoms with van der Waals surface area (Å²) in [5.74, 6) is -1.13. The van der Waals surface area contributed by atoms with Crippen LogP contribution in [0, 0.1) is 12.8 Å². The summed E-state index contributed by atoms with van der Waals surface area (Å²) in [6.45, 7) is 4.87. The highest BCUT2D eigenvalue weighted by Gasteiger charge is 2.30. The summed E-state index contributed by atoms with van der Waals surface area (Å²) in [7, 11) is 0. The Bertz CT molecular complexity index is 759. The molecule has 28 heavy (non-hydrogen) atoms. The standard InChI is InChI=1S/C17H26N6O4S/c1-3-27-12(24)6-7-20-14(25)11-5-4-8-23(9-11)15(26)13-10(2)21-17(28-13)22-16(18)19/h11H,3-9H2,1-2H3,(H,20,25)(H4,18,19,21,22). The highest BCUT2D eigenvalue weighted by Crippen LogP contribution is 2.28. The van der Waals surface area contributed by atoms with Crippen molar-refractivity contribution in [3.8, 4) is 0 Å². The van der Waals surface area contributed by atoms with Crippen LogP contribution in [0.1, 0.15) is 41.6 Å². The molecule has 2 heterocycles. The monoisotopic (exact) mass is 410 g/mol. The molecule has 1 aliphatic rings. The van der Waals surface area contributed by atoms with Gasteiger partial charge in [0, 0.05) is 19.6 Å². The second-order valence-corrected chi connectivity index (χ2v) is 7.36. The van der Waals surface area contributed by atoms with E-state index < -0.39 is 0 Å². The van der Waals surface area contributed by atoms with Crippen LogP contribution in [0.25, 0.3) is 0 Å². The van der Waals surface area contributed by atoms with E-state index in [-0.39, 0.29) is 42.6 Å². The number of guanidine groups is 1. The van der Waals surface area contributed by atoms with E-state index in [0.29, 0.717) is 41.8 Å².